The highest BCUT2D eigenvalue weighted by Gasteiger charge is 2.17. The van der Waals surface area contributed by atoms with Crippen LogP contribution in [0.1, 0.15) is 26.7 Å². The van der Waals surface area contributed by atoms with Gasteiger partial charge >= 0.3 is 0 Å². The number of hydrogen-bond donors (Lipinski definition) is 2. The van der Waals surface area contributed by atoms with Crippen molar-refractivity contribution in [2.45, 2.75) is 32.8 Å². The molecule has 0 aliphatic carbocycles. The summed E-state index contributed by atoms with van der Waals surface area (Å²) >= 11 is 0. The van der Waals surface area contributed by atoms with E-state index in [1.54, 1.807) is 0 Å². The quantitative estimate of drug-likeness (QED) is 0.775. The van der Waals surface area contributed by atoms with Gasteiger partial charge in [0.15, 0.2) is 17.5 Å². The minimum Gasteiger partial charge on any atom is -0.391 e. The molecule has 0 saturated carbocycles. The topological polar surface area (TPSA) is 45.1 Å². The average molecular weight is 262 g/mol. The number of aromatic nitrogens is 1. The van der Waals surface area contributed by atoms with Crippen molar-refractivity contribution in [3.63, 3.8) is 0 Å². The predicted octanol–water partition coefficient (Wildman–Crippen LogP) is 2.71. The Bertz CT molecular complexity index is 397. The number of pyridine rings is 1. The first-order chi connectivity index (χ1) is 8.49. The third kappa shape index (κ3) is 3.60. The molecule has 3 nitrogen and oxygen atoms in total. The van der Waals surface area contributed by atoms with Crippen LogP contribution in [-0.4, -0.2) is 22.7 Å². The number of aliphatic hydroxyl groups is 1. The summed E-state index contributed by atoms with van der Waals surface area (Å²) < 4.78 is 38.7. The van der Waals surface area contributed by atoms with E-state index in [9.17, 15) is 18.3 Å². The van der Waals surface area contributed by atoms with Crippen molar-refractivity contribution < 1.29 is 18.3 Å². The van der Waals surface area contributed by atoms with Crippen LogP contribution in [0.5, 0.6) is 0 Å². The third-order valence-electron chi connectivity index (χ3n) is 2.96. The Morgan fingerprint density at radius 1 is 1.22 bits per heavy atom. The van der Waals surface area contributed by atoms with Crippen LogP contribution in [0.4, 0.5) is 19.0 Å². The fourth-order valence-corrected chi connectivity index (χ4v) is 1.77. The van der Waals surface area contributed by atoms with Crippen LogP contribution >= 0.6 is 0 Å². The first-order valence-electron chi connectivity index (χ1n) is 5.93. The monoisotopic (exact) mass is 262 g/mol. The highest BCUT2D eigenvalue weighted by molar-refractivity contribution is 5.36. The molecule has 0 bridgehead atoms. The summed E-state index contributed by atoms with van der Waals surface area (Å²) in [5.41, 5.74) is 0. The summed E-state index contributed by atoms with van der Waals surface area (Å²) in [6, 6.07) is 0.425. The Hall–Kier alpha value is -1.30. The Balaban J connectivity index is 2.66. The maximum Gasteiger partial charge on any atom is 0.251 e. The van der Waals surface area contributed by atoms with E-state index in [0.29, 0.717) is 6.07 Å². The van der Waals surface area contributed by atoms with Gasteiger partial charge in [0.05, 0.1) is 6.10 Å². The summed E-state index contributed by atoms with van der Waals surface area (Å²) in [4.78, 5) is 3.12. The van der Waals surface area contributed by atoms with Gasteiger partial charge in [0.1, 0.15) is 0 Å². The largest absolute Gasteiger partial charge is 0.391 e. The van der Waals surface area contributed by atoms with Gasteiger partial charge < -0.3 is 10.4 Å². The third-order valence-corrected chi connectivity index (χ3v) is 2.96. The molecular formula is C12H17F3N2O. The fourth-order valence-electron chi connectivity index (χ4n) is 1.77. The van der Waals surface area contributed by atoms with E-state index in [1.165, 1.54) is 0 Å². The summed E-state index contributed by atoms with van der Waals surface area (Å²) in [5.74, 6) is -4.00. The highest BCUT2D eigenvalue weighted by atomic mass is 19.2. The molecule has 1 unspecified atom stereocenters. The van der Waals surface area contributed by atoms with Gasteiger partial charge in [0, 0.05) is 12.6 Å². The standard InChI is InChI=1S/C12H17F3N2O/c1-3-7(4-2)10(18)6-16-12-9(14)5-8(13)11(15)17-12/h5,7,10,18H,3-4,6H2,1-2H3,(H,16,17). The molecule has 0 aromatic carbocycles. The van der Waals surface area contributed by atoms with E-state index >= 15 is 0 Å². The van der Waals surface area contributed by atoms with E-state index in [4.69, 9.17) is 0 Å². The molecule has 1 heterocycles. The SMILES string of the molecule is CCC(CC)C(O)CNc1nc(F)c(F)cc1F. The molecule has 0 aliphatic heterocycles. The lowest BCUT2D eigenvalue weighted by Gasteiger charge is -2.20. The molecule has 0 fully saturated rings. The first-order valence-corrected chi connectivity index (χ1v) is 5.93. The molecule has 1 aromatic heterocycles. The second-order valence-electron chi connectivity index (χ2n) is 4.12. The van der Waals surface area contributed by atoms with E-state index in [0.717, 1.165) is 12.8 Å². The molecule has 0 amide bonds. The lowest BCUT2D eigenvalue weighted by Crippen LogP contribution is -2.28. The van der Waals surface area contributed by atoms with Gasteiger partial charge in [-0.05, 0) is 5.92 Å². The van der Waals surface area contributed by atoms with Gasteiger partial charge in [0.25, 0.3) is 5.95 Å². The average Bonchev–Trinajstić information content (AvgIpc) is 2.33. The summed E-state index contributed by atoms with van der Waals surface area (Å²) in [6.45, 7) is 3.92. The van der Waals surface area contributed by atoms with Crippen molar-refractivity contribution in [2.75, 3.05) is 11.9 Å². The zero-order chi connectivity index (χ0) is 13.7. The second kappa shape index (κ2) is 6.58. The van der Waals surface area contributed by atoms with Crippen LogP contribution in [0.3, 0.4) is 0 Å². The van der Waals surface area contributed by atoms with Crippen LogP contribution in [0, 0.1) is 23.5 Å². The zero-order valence-electron chi connectivity index (χ0n) is 10.4. The molecule has 18 heavy (non-hydrogen) atoms. The van der Waals surface area contributed by atoms with Crippen molar-refractivity contribution >= 4 is 5.82 Å². The number of nitrogens with zero attached hydrogens (tertiary/aromatic N) is 1. The van der Waals surface area contributed by atoms with Gasteiger partial charge in [-0.2, -0.15) is 9.37 Å². The van der Waals surface area contributed by atoms with Crippen LogP contribution in [0.15, 0.2) is 6.07 Å². The maximum absolute atomic E-state index is 13.2. The van der Waals surface area contributed by atoms with Crippen molar-refractivity contribution in [1.29, 1.82) is 0 Å². The van der Waals surface area contributed by atoms with Crippen molar-refractivity contribution in [2.24, 2.45) is 5.92 Å². The second-order valence-corrected chi connectivity index (χ2v) is 4.12. The normalized spacial score (nSPS) is 12.8. The Labute approximate surface area is 104 Å². The molecule has 6 heteroatoms. The van der Waals surface area contributed by atoms with Crippen LogP contribution < -0.4 is 5.32 Å². The molecule has 1 rings (SSSR count). The van der Waals surface area contributed by atoms with Gasteiger partial charge in [-0.1, -0.05) is 26.7 Å². The number of rotatable bonds is 6. The molecule has 0 spiro atoms. The fraction of sp³-hybridized carbons (Fsp3) is 0.583. The molecule has 2 N–H and O–H groups in total. The summed E-state index contributed by atoms with van der Waals surface area (Å²) in [7, 11) is 0. The zero-order valence-corrected chi connectivity index (χ0v) is 10.4. The Morgan fingerprint density at radius 3 is 2.39 bits per heavy atom. The summed E-state index contributed by atoms with van der Waals surface area (Å²) in [6.07, 6.45) is 0.884. The van der Waals surface area contributed by atoms with E-state index in [-0.39, 0.29) is 18.3 Å². The lowest BCUT2D eigenvalue weighted by molar-refractivity contribution is 0.114. The Morgan fingerprint density at radius 2 is 1.83 bits per heavy atom. The molecule has 0 saturated heterocycles. The highest BCUT2D eigenvalue weighted by Crippen LogP contribution is 2.17. The molecule has 1 aromatic rings. The van der Waals surface area contributed by atoms with E-state index in [1.807, 2.05) is 13.8 Å². The van der Waals surface area contributed by atoms with E-state index < -0.39 is 23.7 Å². The van der Waals surface area contributed by atoms with E-state index in [2.05, 4.69) is 10.3 Å². The number of nitrogens with one attached hydrogen (secondary N) is 1. The molecule has 0 radical (unpaired) electrons. The number of hydrogen-bond acceptors (Lipinski definition) is 3. The van der Waals surface area contributed by atoms with Gasteiger partial charge in [-0.15, -0.1) is 0 Å². The Kier molecular flexibility index (Phi) is 5.40. The minimum atomic E-state index is -1.36. The van der Waals surface area contributed by atoms with Crippen LogP contribution in [-0.2, 0) is 0 Å². The molecule has 102 valence electrons. The van der Waals surface area contributed by atoms with Gasteiger partial charge in [-0.25, -0.2) is 8.78 Å². The molecule has 0 aliphatic rings. The molecular weight excluding hydrogens is 245 g/mol. The molecule has 1 atom stereocenters. The van der Waals surface area contributed by atoms with Crippen molar-refractivity contribution in [3.8, 4) is 0 Å². The minimum absolute atomic E-state index is 0.0430. The smallest absolute Gasteiger partial charge is 0.251 e. The van der Waals surface area contributed by atoms with Gasteiger partial charge in [0.2, 0.25) is 0 Å². The van der Waals surface area contributed by atoms with Crippen molar-refractivity contribution in [3.05, 3.63) is 23.6 Å². The maximum atomic E-state index is 13.2. The number of anilines is 1. The first kappa shape index (κ1) is 14.8. The summed E-state index contributed by atoms with van der Waals surface area (Å²) in [5, 5.41) is 12.3. The predicted molar refractivity (Wildman–Crippen MR) is 62.7 cm³/mol. The van der Waals surface area contributed by atoms with Crippen molar-refractivity contribution in [1.82, 2.24) is 4.98 Å². The lowest BCUT2D eigenvalue weighted by atomic mass is 9.96. The number of aliphatic hydroxyl groups excluding tert-OH is 1. The van der Waals surface area contributed by atoms with Crippen LogP contribution in [0.25, 0.3) is 0 Å². The van der Waals surface area contributed by atoms with Crippen LogP contribution in [0.2, 0.25) is 0 Å². The number of halogens is 3. The van der Waals surface area contributed by atoms with Gasteiger partial charge in [-0.3, -0.25) is 0 Å².